The summed E-state index contributed by atoms with van der Waals surface area (Å²) in [5.41, 5.74) is -0.545. The first-order chi connectivity index (χ1) is 9.49. The maximum atomic E-state index is 11.0. The van der Waals surface area contributed by atoms with Crippen LogP contribution in [0.15, 0.2) is 12.3 Å². The normalized spacial score (nSPS) is 21.6. The van der Waals surface area contributed by atoms with Gasteiger partial charge in [0.25, 0.3) is 0 Å². The second kappa shape index (κ2) is 5.83. The zero-order valence-corrected chi connectivity index (χ0v) is 10.9. The van der Waals surface area contributed by atoms with E-state index in [4.69, 9.17) is 9.84 Å². The minimum absolute atomic E-state index is 0.0825. The van der Waals surface area contributed by atoms with Gasteiger partial charge in [-0.2, -0.15) is 0 Å². The molecule has 0 aromatic carbocycles. The van der Waals surface area contributed by atoms with Crippen LogP contribution in [0.25, 0.3) is 0 Å². The van der Waals surface area contributed by atoms with E-state index >= 15 is 0 Å². The minimum Gasteiger partial charge on any atom is -0.478 e. The van der Waals surface area contributed by atoms with Crippen molar-refractivity contribution in [2.75, 3.05) is 18.5 Å². The van der Waals surface area contributed by atoms with Crippen molar-refractivity contribution in [2.45, 2.75) is 19.4 Å². The average Bonchev–Trinajstić information content (AvgIpc) is 2.81. The van der Waals surface area contributed by atoms with E-state index < -0.39 is 10.9 Å². The first-order valence-electron chi connectivity index (χ1n) is 6.22. The largest absolute Gasteiger partial charge is 0.478 e. The van der Waals surface area contributed by atoms with Crippen molar-refractivity contribution in [3.8, 4) is 0 Å². The highest BCUT2D eigenvalue weighted by Crippen LogP contribution is 2.25. The number of nitro groups is 1. The molecule has 1 aromatic heterocycles. The lowest BCUT2D eigenvalue weighted by molar-refractivity contribution is -0.384. The van der Waals surface area contributed by atoms with Crippen LogP contribution in [0.3, 0.4) is 0 Å². The van der Waals surface area contributed by atoms with Gasteiger partial charge in [-0.1, -0.05) is 0 Å². The monoisotopic (exact) mass is 281 g/mol. The molecular weight excluding hydrogens is 266 g/mol. The van der Waals surface area contributed by atoms with Crippen molar-refractivity contribution in [3.63, 3.8) is 0 Å². The van der Waals surface area contributed by atoms with Gasteiger partial charge in [-0.05, 0) is 13.3 Å². The van der Waals surface area contributed by atoms with E-state index in [1.54, 1.807) is 0 Å². The highest BCUT2D eigenvalue weighted by molar-refractivity contribution is 5.88. The van der Waals surface area contributed by atoms with Crippen LogP contribution in [0.1, 0.15) is 23.7 Å². The Morgan fingerprint density at radius 1 is 1.70 bits per heavy atom. The Morgan fingerprint density at radius 3 is 3.00 bits per heavy atom. The summed E-state index contributed by atoms with van der Waals surface area (Å²) in [6.07, 6.45) is 2.08. The number of aromatic nitrogens is 1. The molecule has 1 aliphatic heterocycles. The Hall–Kier alpha value is -2.22. The second-order valence-corrected chi connectivity index (χ2v) is 4.66. The maximum Gasteiger partial charge on any atom is 0.337 e. The Labute approximate surface area is 114 Å². The number of pyridine rings is 1. The molecule has 2 atom stereocenters. The number of ether oxygens (including phenoxy) is 1. The van der Waals surface area contributed by atoms with E-state index in [2.05, 4.69) is 10.3 Å². The smallest absolute Gasteiger partial charge is 0.337 e. The summed E-state index contributed by atoms with van der Waals surface area (Å²) in [5, 5.41) is 22.7. The molecule has 2 heterocycles. The van der Waals surface area contributed by atoms with E-state index in [1.807, 2.05) is 6.92 Å². The van der Waals surface area contributed by atoms with E-state index in [0.29, 0.717) is 13.2 Å². The fourth-order valence-corrected chi connectivity index (χ4v) is 2.12. The molecule has 0 saturated carbocycles. The molecule has 8 nitrogen and oxygen atoms in total. The number of hydrogen-bond donors (Lipinski definition) is 2. The molecular formula is C12H15N3O5. The first-order valence-corrected chi connectivity index (χ1v) is 6.22. The SMILES string of the molecule is CC1OCCC1CNc1ncc(C(=O)O)cc1[N+](=O)[O-]. The molecule has 0 amide bonds. The van der Waals surface area contributed by atoms with Gasteiger partial charge in [0.1, 0.15) is 0 Å². The van der Waals surface area contributed by atoms with Crippen molar-refractivity contribution in [2.24, 2.45) is 5.92 Å². The number of nitrogens with one attached hydrogen (secondary N) is 1. The summed E-state index contributed by atoms with van der Waals surface area (Å²) >= 11 is 0. The van der Waals surface area contributed by atoms with E-state index in [1.165, 1.54) is 0 Å². The Bertz CT molecular complexity index is 534. The highest BCUT2D eigenvalue weighted by atomic mass is 16.6. The van der Waals surface area contributed by atoms with Crippen LogP contribution in [0.2, 0.25) is 0 Å². The van der Waals surface area contributed by atoms with Gasteiger partial charge in [0, 0.05) is 31.3 Å². The molecule has 0 bridgehead atoms. The van der Waals surface area contributed by atoms with Crippen LogP contribution in [-0.2, 0) is 4.74 Å². The molecule has 2 rings (SSSR count). The third-order valence-electron chi connectivity index (χ3n) is 3.38. The lowest BCUT2D eigenvalue weighted by Crippen LogP contribution is -2.21. The Kier molecular flexibility index (Phi) is 4.14. The van der Waals surface area contributed by atoms with Crippen molar-refractivity contribution in [1.29, 1.82) is 0 Å². The van der Waals surface area contributed by atoms with Crippen molar-refractivity contribution >= 4 is 17.5 Å². The average molecular weight is 281 g/mol. The molecule has 2 N–H and O–H groups in total. The number of carboxylic acids is 1. The molecule has 8 heteroatoms. The lowest BCUT2D eigenvalue weighted by atomic mass is 10.0. The van der Waals surface area contributed by atoms with Gasteiger partial charge in [-0.25, -0.2) is 9.78 Å². The zero-order chi connectivity index (χ0) is 14.7. The fraction of sp³-hybridized carbons (Fsp3) is 0.500. The van der Waals surface area contributed by atoms with Gasteiger partial charge in [-0.3, -0.25) is 10.1 Å². The summed E-state index contributed by atoms with van der Waals surface area (Å²) in [4.78, 5) is 25.0. The Balaban J connectivity index is 2.14. The van der Waals surface area contributed by atoms with Gasteiger partial charge < -0.3 is 15.2 Å². The predicted octanol–water partition coefficient (Wildman–Crippen LogP) is 1.52. The molecule has 1 aliphatic rings. The number of aromatic carboxylic acids is 1. The molecule has 0 radical (unpaired) electrons. The van der Waals surface area contributed by atoms with Gasteiger partial charge >= 0.3 is 11.7 Å². The van der Waals surface area contributed by atoms with Crippen molar-refractivity contribution in [3.05, 3.63) is 27.9 Å². The van der Waals surface area contributed by atoms with Crippen molar-refractivity contribution in [1.82, 2.24) is 4.98 Å². The molecule has 0 spiro atoms. The maximum absolute atomic E-state index is 11.0. The molecule has 1 fully saturated rings. The summed E-state index contributed by atoms with van der Waals surface area (Å²) in [6, 6.07) is 1.01. The predicted molar refractivity (Wildman–Crippen MR) is 69.9 cm³/mol. The topological polar surface area (TPSA) is 115 Å². The van der Waals surface area contributed by atoms with Crippen LogP contribution >= 0.6 is 0 Å². The summed E-state index contributed by atoms with van der Waals surface area (Å²) in [6.45, 7) is 3.14. The molecule has 1 aromatic rings. The lowest BCUT2D eigenvalue weighted by Gasteiger charge is -2.15. The summed E-state index contributed by atoms with van der Waals surface area (Å²) in [7, 11) is 0. The molecule has 20 heavy (non-hydrogen) atoms. The minimum atomic E-state index is -1.25. The summed E-state index contributed by atoms with van der Waals surface area (Å²) in [5.74, 6) is -0.903. The fourth-order valence-electron chi connectivity index (χ4n) is 2.12. The number of rotatable bonds is 5. The standard InChI is InChI=1S/C12H15N3O5/c1-7-8(2-3-20-7)5-13-11-10(15(18)19)4-9(6-14-11)12(16)17/h4,6-8H,2-3,5H2,1H3,(H,13,14)(H,16,17). The second-order valence-electron chi connectivity index (χ2n) is 4.66. The number of nitrogens with zero attached hydrogens (tertiary/aromatic N) is 2. The quantitative estimate of drug-likeness (QED) is 0.621. The van der Waals surface area contributed by atoms with Crippen LogP contribution < -0.4 is 5.32 Å². The van der Waals surface area contributed by atoms with Crippen LogP contribution in [0.4, 0.5) is 11.5 Å². The van der Waals surface area contributed by atoms with Gasteiger partial charge in [0.05, 0.1) is 16.6 Å². The molecule has 1 saturated heterocycles. The van der Waals surface area contributed by atoms with Crippen LogP contribution in [0, 0.1) is 16.0 Å². The number of carbonyl (C=O) groups is 1. The molecule has 108 valence electrons. The summed E-state index contributed by atoms with van der Waals surface area (Å²) < 4.78 is 5.41. The Morgan fingerprint density at radius 2 is 2.45 bits per heavy atom. The first kappa shape index (κ1) is 14.2. The number of anilines is 1. The zero-order valence-electron chi connectivity index (χ0n) is 10.9. The van der Waals surface area contributed by atoms with Crippen LogP contribution in [0.5, 0.6) is 0 Å². The van der Waals surface area contributed by atoms with Gasteiger partial charge in [0.2, 0.25) is 5.82 Å². The van der Waals surface area contributed by atoms with Crippen LogP contribution in [-0.4, -0.2) is 40.2 Å². The third kappa shape index (κ3) is 3.02. The van der Waals surface area contributed by atoms with Gasteiger partial charge in [0.15, 0.2) is 0 Å². The highest BCUT2D eigenvalue weighted by Gasteiger charge is 2.25. The molecule has 0 aliphatic carbocycles. The number of carboxylic acid groups (broad SMARTS) is 1. The van der Waals surface area contributed by atoms with E-state index in [-0.39, 0.29) is 29.1 Å². The molecule has 2 unspecified atom stereocenters. The van der Waals surface area contributed by atoms with Crippen molar-refractivity contribution < 1.29 is 19.6 Å². The van der Waals surface area contributed by atoms with Gasteiger partial charge in [-0.15, -0.1) is 0 Å². The third-order valence-corrected chi connectivity index (χ3v) is 3.38. The van der Waals surface area contributed by atoms with E-state index in [0.717, 1.165) is 18.7 Å². The number of hydrogen-bond acceptors (Lipinski definition) is 6. The van der Waals surface area contributed by atoms with E-state index in [9.17, 15) is 14.9 Å².